The van der Waals surface area contributed by atoms with E-state index in [2.05, 4.69) is 10.3 Å². The largest absolute Gasteiger partial charge is 0.489 e. The summed E-state index contributed by atoms with van der Waals surface area (Å²) in [7, 11) is 0. The Balaban J connectivity index is 1.85. The van der Waals surface area contributed by atoms with E-state index in [0.29, 0.717) is 13.0 Å². The summed E-state index contributed by atoms with van der Waals surface area (Å²) in [5.74, 6) is 0.767. The Bertz CT molecular complexity index is 766. The molecule has 0 saturated heterocycles. The first-order chi connectivity index (χ1) is 10.5. The number of fused-ring (bicyclic) bond motifs is 3. The van der Waals surface area contributed by atoms with E-state index in [1.165, 1.54) is 6.07 Å². The number of carbonyl (C=O) groups excluding carboxylic acids is 1. The van der Waals surface area contributed by atoms with Crippen LogP contribution in [-0.2, 0) is 11.2 Å². The lowest BCUT2D eigenvalue weighted by molar-refractivity contribution is 0.0549. The summed E-state index contributed by atoms with van der Waals surface area (Å²) in [5.41, 5.74) is 1.55. The summed E-state index contributed by atoms with van der Waals surface area (Å²) in [6.07, 6.45) is -0.228. The minimum absolute atomic E-state index is 0.0233. The van der Waals surface area contributed by atoms with Gasteiger partial charge in [0.2, 0.25) is 5.56 Å². The van der Waals surface area contributed by atoms with E-state index in [1.54, 1.807) is 6.07 Å². The van der Waals surface area contributed by atoms with Gasteiger partial charge in [-0.05, 0) is 32.0 Å². The quantitative estimate of drug-likeness (QED) is 0.888. The van der Waals surface area contributed by atoms with Crippen molar-refractivity contribution in [1.82, 2.24) is 10.3 Å². The van der Waals surface area contributed by atoms with Gasteiger partial charge in [0.1, 0.15) is 18.5 Å². The van der Waals surface area contributed by atoms with Crippen molar-refractivity contribution in [1.29, 1.82) is 0 Å². The molecule has 1 atom stereocenters. The zero-order valence-corrected chi connectivity index (χ0v) is 12.5. The number of rotatable bonds is 2. The molecule has 2 N–H and O–H groups in total. The number of benzene rings is 1. The molecule has 22 heavy (non-hydrogen) atoms. The first kappa shape index (κ1) is 14.4. The number of alkyl carbamates (subject to hydrolysis) is 1. The van der Waals surface area contributed by atoms with E-state index >= 15 is 0 Å². The maximum absolute atomic E-state index is 11.7. The van der Waals surface area contributed by atoms with Gasteiger partial charge >= 0.3 is 6.09 Å². The van der Waals surface area contributed by atoms with Gasteiger partial charge in [-0.15, -0.1) is 0 Å². The fraction of sp³-hybridized carbons (Fsp3) is 0.375. The molecule has 2 heterocycles. The highest BCUT2D eigenvalue weighted by molar-refractivity contribution is 5.84. The first-order valence-corrected chi connectivity index (χ1v) is 7.28. The van der Waals surface area contributed by atoms with Crippen molar-refractivity contribution in [2.75, 3.05) is 6.61 Å². The molecular weight excluding hydrogens is 284 g/mol. The van der Waals surface area contributed by atoms with E-state index in [9.17, 15) is 9.59 Å². The number of aromatic amines is 1. The van der Waals surface area contributed by atoms with Gasteiger partial charge in [-0.1, -0.05) is 0 Å². The van der Waals surface area contributed by atoms with Crippen molar-refractivity contribution < 1.29 is 14.3 Å². The summed E-state index contributed by atoms with van der Waals surface area (Å²) in [6.45, 7) is 4.07. The lowest BCUT2D eigenvalue weighted by Gasteiger charge is -2.26. The van der Waals surface area contributed by atoms with E-state index in [-0.39, 0.29) is 17.7 Å². The predicted octanol–water partition coefficient (Wildman–Crippen LogP) is 1.97. The number of amides is 1. The van der Waals surface area contributed by atoms with Crippen LogP contribution in [0.2, 0.25) is 0 Å². The number of nitrogens with one attached hydrogen (secondary N) is 2. The molecule has 1 aliphatic rings. The van der Waals surface area contributed by atoms with Crippen LogP contribution in [0.5, 0.6) is 5.75 Å². The molecule has 0 fully saturated rings. The summed E-state index contributed by atoms with van der Waals surface area (Å²) in [5, 5.41) is 3.61. The van der Waals surface area contributed by atoms with Crippen molar-refractivity contribution in [2.24, 2.45) is 0 Å². The topological polar surface area (TPSA) is 80.4 Å². The molecular formula is C16H18N2O4. The maximum Gasteiger partial charge on any atom is 0.407 e. The third-order valence-corrected chi connectivity index (χ3v) is 3.51. The van der Waals surface area contributed by atoms with Crippen LogP contribution < -0.4 is 15.6 Å². The van der Waals surface area contributed by atoms with Gasteiger partial charge < -0.3 is 19.8 Å². The maximum atomic E-state index is 11.7. The van der Waals surface area contributed by atoms with E-state index in [4.69, 9.17) is 9.47 Å². The van der Waals surface area contributed by atoms with Gasteiger partial charge in [-0.25, -0.2) is 4.79 Å². The Hall–Kier alpha value is -2.50. The molecule has 0 aliphatic carbocycles. The Morgan fingerprint density at radius 1 is 1.36 bits per heavy atom. The number of ether oxygens (including phenoxy) is 2. The molecule has 0 radical (unpaired) electrons. The van der Waals surface area contributed by atoms with Crippen LogP contribution in [0.15, 0.2) is 29.1 Å². The third kappa shape index (κ3) is 2.90. The molecule has 1 amide bonds. The lowest BCUT2D eigenvalue weighted by atomic mass is 9.99. The Morgan fingerprint density at radius 3 is 2.95 bits per heavy atom. The van der Waals surface area contributed by atoms with Crippen molar-refractivity contribution in [3.8, 4) is 5.75 Å². The fourth-order valence-corrected chi connectivity index (χ4v) is 2.59. The number of pyridine rings is 1. The number of H-pyrrole nitrogens is 1. The molecule has 0 saturated carbocycles. The number of hydrogen-bond acceptors (Lipinski definition) is 4. The van der Waals surface area contributed by atoms with Crippen LogP contribution in [0.4, 0.5) is 4.79 Å². The molecule has 0 spiro atoms. The van der Waals surface area contributed by atoms with Crippen molar-refractivity contribution in [3.05, 3.63) is 40.2 Å². The summed E-state index contributed by atoms with van der Waals surface area (Å²) in [6, 6.07) is 6.93. The lowest BCUT2D eigenvalue weighted by Crippen LogP contribution is -2.38. The summed E-state index contributed by atoms with van der Waals surface area (Å²) in [4.78, 5) is 25.9. The van der Waals surface area contributed by atoms with Gasteiger partial charge in [0.25, 0.3) is 0 Å². The predicted molar refractivity (Wildman–Crippen MR) is 82.3 cm³/mol. The fourth-order valence-electron chi connectivity index (χ4n) is 2.59. The van der Waals surface area contributed by atoms with Crippen LogP contribution in [0.25, 0.3) is 10.9 Å². The highest BCUT2D eigenvalue weighted by Crippen LogP contribution is 2.31. The summed E-state index contributed by atoms with van der Waals surface area (Å²) < 4.78 is 11.1. The minimum Gasteiger partial charge on any atom is -0.489 e. The van der Waals surface area contributed by atoms with Crippen molar-refractivity contribution in [2.45, 2.75) is 32.4 Å². The third-order valence-electron chi connectivity index (χ3n) is 3.51. The molecule has 6 nitrogen and oxygen atoms in total. The van der Waals surface area contributed by atoms with Gasteiger partial charge in [-0.3, -0.25) is 4.79 Å². The first-order valence-electron chi connectivity index (χ1n) is 7.28. The summed E-state index contributed by atoms with van der Waals surface area (Å²) >= 11 is 0. The average molecular weight is 302 g/mol. The van der Waals surface area contributed by atoms with Gasteiger partial charge in [0.15, 0.2) is 0 Å². The van der Waals surface area contributed by atoms with E-state index < -0.39 is 6.09 Å². The van der Waals surface area contributed by atoms with Crippen LogP contribution in [-0.4, -0.2) is 29.8 Å². The molecule has 116 valence electrons. The SMILES string of the molecule is CC(C)NC(=O)OC1COc2ccc3[nH]c(=O)ccc3c2C1. The molecule has 0 bridgehead atoms. The Morgan fingerprint density at radius 2 is 2.18 bits per heavy atom. The molecule has 3 rings (SSSR count). The zero-order chi connectivity index (χ0) is 15.7. The normalized spacial score (nSPS) is 17.0. The zero-order valence-electron chi connectivity index (χ0n) is 12.5. The van der Waals surface area contributed by atoms with Crippen LogP contribution >= 0.6 is 0 Å². The second-order valence-corrected chi connectivity index (χ2v) is 5.67. The minimum atomic E-state index is -0.444. The Kier molecular flexibility index (Phi) is 3.75. The standard InChI is InChI=1S/C16H18N2O4/c1-9(2)17-16(20)22-10-7-12-11-3-6-15(19)18-13(11)4-5-14(12)21-8-10/h3-6,9-10H,7-8H2,1-2H3,(H,17,20)(H,18,19). The van der Waals surface area contributed by atoms with Gasteiger partial charge in [-0.2, -0.15) is 0 Å². The molecule has 1 aliphatic heterocycles. The molecule has 1 unspecified atom stereocenters. The second kappa shape index (κ2) is 5.71. The van der Waals surface area contributed by atoms with Crippen molar-refractivity contribution in [3.63, 3.8) is 0 Å². The number of aromatic nitrogens is 1. The van der Waals surface area contributed by atoms with Gasteiger partial charge in [0, 0.05) is 35.0 Å². The number of carbonyl (C=O) groups is 1. The van der Waals surface area contributed by atoms with Gasteiger partial charge in [0.05, 0.1) is 0 Å². The monoisotopic (exact) mass is 302 g/mol. The average Bonchev–Trinajstić information content (AvgIpc) is 2.45. The second-order valence-electron chi connectivity index (χ2n) is 5.67. The smallest absolute Gasteiger partial charge is 0.407 e. The highest BCUT2D eigenvalue weighted by Gasteiger charge is 2.25. The molecule has 1 aromatic heterocycles. The molecule has 1 aromatic carbocycles. The molecule has 6 heteroatoms. The van der Waals surface area contributed by atoms with E-state index in [1.807, 2.05) is 26.0 Å². The number of hydrogen-bond donors (Lipinski definition) is 2. The van der Waals surface area contributed by atoms with Crippen LogP contribution in [0, 0.1) is 0 Å². The highest BCUT2D eigenvalue weighted by atomic mass is 16.6. The Labute approximate surface area is 127 Å². The van der Waals surface area contributed by atoms with Crippen LogP contribution in [0.3, 0.4) is 0 Å². The van der Waals surface area contributed by atoms with Crippen molar-refractivity contribution >= 4 is 17.0 Å². The molecule has 2 aromatic rings. The van der Waals surface area contributed by atoms with Crippen LogP contribution in [0.1, 0.15) is 19.4 Å². The van der Waals surface area contributed by atoms with E-state index in [0.717, 1.165) is 22.2 Å².